The number of carbonyl (C=O) groups is 3. The number of nitrogens with one attached hydrogen (secondary N) is 1. The van der Waals surface area contributed by atoms with Crippen molar-refractivity contribution in [3.63, 3.8) is 0 Å². The van der Waals surface area contributed by atoms with E-state index in [0.29, 0.717) is 56.7 Å². The summed E-state index contributed by atoms with van der Waals surface area (Å²) < 4.78 is 4.74. The number of methoxy groups -OCH3 is 1. The highest BCUT2D eigenvalue weighted by Crippen LogP contribution is 2.28. The van der Waals surface area contributed by atoms with Gasteiger partial charge in [-0.3, -0.25) is 4.79 Å². The molecule has 1 aromatic rings. The van der Waals surface area contributed by atoms with Gasteiger partial charge in [-0.15, -0.1) is 11.3 Å². The van der Waals surface area contributed by atoms with E-state index in [2.05, 4.69) is 10.2 Å². The molecule has 0 unspecified atom stereocenters. The molecule has 1 saturated heterocycles. The van der Waals surface area contributed by atoms with Crippen molar-refractivity contribution in [2.45, 2.75) is 31.7 Å². The molecule has 1 aliphatic heterocycles. The van der Waals surface area contributed by atoms with Gasteiger partial charge in [0.2, 0.25) is 0 Å². The number of carbonyl (C=O) groups excluding carboxylic acids is 2. The molecule has 0 aromatic carbocycles. The van der Waals surface area contributed by atoms with Gasteiger partial charge in [0.25, 0.3) is 0 Å². The Morgan fingerprint density at radius 3 is 2.37 bits per heavy atom. The maximum Gasteiger partial charge on any atom is 0.348 e. The maximum atomic E-state index is 12.5. The van der Waals surface area contributed by atoms with Crippen molar-refractivity contribution < 1.29 is 24.2 Å². The van der Waals surface area contributed by atoms with Crippen LogP contribution in [0.15, 0.2) is 12.1 Å². The molecule has 2 amide bonds. The maximum absolute atomic E-state index is 12.5. The molecule has 2 heterocycles. The number of nitrogens with zero attached hydrogens (tertiary/aromatic N) is 2. The summed E-state index contributed by atoms with van der Waals surface area (Å²) >= 11 is 1.40. The molecule has 8 nitrogen and oxygen atoms in total. The topological polar surface area (TPSA) is 99.2 Å². The van der Waals surface area contributed by atoms with Gasteiger partial charge in [-0.25, -0.2) is 9.59 Å². The number of carboxylic acids is 1. The Kier molecular flexibility index (Phi) is 6.20. The van der Waals surface area contributed by atoms with Gasteiger partial charge in [0, 0.05) is 32.2 Å². The van der Waals surface area contributed by atoms with Crippen molar-refractivity contribution in [1.29, 1.82) is 0 Å². The molecule has 2 aliphatic rings. The normalized spacial score (nSPS) is 23.0. The number of aliphatic carboxylic acids is 1. The number of hydrogen-bond acceptors (Lipinski definition) is 6. The first-order valence-electron chi connectivity index (χ1n) is 9.19. The number of carboxylic acid groups (broad SMARTS) is 1. The molecular formula is C18H25N3O5S. The number of anilines is 1. The minimum Gasteiger partial charge on any atom is -0.481 e. The Labute approximate surface area is 162 Å². The van der Waals surface area contributed by atoms with E-state index in [4.69, 9.17) is 9.84 Å². The smallest absolute Gasteiger partial charge is 0.348 e. The minimum absolute atomic E-state index is 0.0611. The van der Waals surface area contributed by atoms with Crippen LogP contribution < -0.4 is 10.2 Å². The number of rotatable bonds is 4. The second-order valence-corrected chi connectivity index (χ2v) is 8.00. The quantitative estimate of drug-likeness (QED) is 0.757. The fourth-order valence-corrected chi connectivity index (χ4v) is 4.56. The van der Waals surface area contributed by atoms with Gasteiger partial charge in [0.15, 0.2) is 0 Å². The Morgan fingerprint density at radius 2 is 1.78 bits per heavy atom. The van der Waals surface area contributed by atoms with E-state index < -0.39 is 5.97 Å². The lowest BCUT2D eigenvalue weighted by atomic mass is 9.86. The lowest BCUT2D eigenvalue weighted by Crippen LogP contribution is -2.53. The first-order chi connectivity index (χ1) is 13.0. The van der Waals surface area contributed by atoms with E-state index in [9.17, 15) is 14.4 Å². The van der Waals surface area contributed by atoms with Crippen LogP contribution in [-0.4, -0.2) is 67.3 Å². The van der Waals surface area contributed by atoms with E-state index in [1.54, 1.807) is 11.0 Å². The summed E-state index contributed by atoms with van der Waals surface area (Å²) in [5.74, 6) is -1.34. The van der Waals surface area contributed by atoms with Crippen molar-refractivity contribution in [2.75, 3.05) is 38.2 Å². The fraction of sp³-hybridized carbons (Fsp3) is 0.611. The Balaban J connectivity index is 1.45. The zero-order valence-corrected chi connectivity index (χ0v) is 16.2. The SMILES string of the molecule is COC(=O)c1ccc(N2CCN(C(=O)NC3CCC(C(=O)O)CC3)CC2)s1. The highest BCUT2D eigenvalue weighted by molar-refractivity contribution is 7.17. The molecule has 0 atom stereocenters. The van der Waals surface area contributed by atoms with Crippen molar-refractivity contribution >= 4 is 34.3 Å². The van der Waals surface area contributed by atoms with Crippen molar-refractivity contribution in [2.24, 2.45) is 5.92 Å². The number of piperazine rings is 1. The third kappa shape index (κ3) is 4.71. The summed E-state index contributed by atoms with van der Waals surface area (Å²) in [4.78, 5) is 39.6. The third-order valence-electron chi connectivity index (χ3n) is 5.26. The van der Waals surface area contributed by atoms with E-state index in [-0.39, 0.29) is 24.0 Å². The molecule has 1 aromatic heterocycles. The highest BCUT2D eigenvalue weighted by Gasteiger charge is 2.29. The number of ether oxygens (including phenoxy) is 1. The van der Waals surface area contributed by atoms with E-state index in [1.165, 1.54) is 18.4 Å². The van der Waals surface area contributed by atoms with Crippen LogP contribution in [0.4, 0.5) is 9.80 Å². The number of hydrogen-bond donors (Lipinski definition) is 2. The Hall–Kier alpha value is -2.29. The summed E-state index contributed by atoms with van der Waals surface area (Å²) in [5.41, 5.74) is 0. The van der Waals surface area contributed by atoms with Crippen LogP contribution in [0.5, 0.6) is 0 Å². The van der Waals surface area contributed by atoms with E-state index in [0.717, 1.165) is 5.00 Å². The zero-order valence-electron chi connectivity index (χ0n) is 15.3. The van der Waals surface area contributed by atoms with Gasteiger partial charge < -0.3 is 25.0 Å². The molecule has 0 bridgehead atoms. The molecule has 0 spiro atoms. The third-order valence-corrected chi connectivity index (χ3v) is 6.39. The summed E-state index contributed by atoms with van der Waals surface area (Å²) in [7, 11) is 1.37. The lowest BCUT2D eigenvalue weighted by molar-refractivity contribution is -0.142. The van der Waals surface area contributed by atoms with Crippen LogP contribution in [0, 0.1) is 5.92 Å². The molecule has 1 saturated carbocycles. The van der Waals surface area contributed by atoms with Gasteiger partial charge >= 0.3 is 18.0 Å². The van der Waals surface area contributed by atoms with Crippen LogP contribution in [0.2, 0.25) is 0 Å². The number of esters is 1. The monoisotopic (exact) mass is 395 g/mol. The average molecular weight is 395 g/mol. The van der Waals surface area contributed by atoms with Gasteiger partial charge in [0.1, 0.15) is 4.88 Å². The Morgan fingerprint density at radius 1 is 1.11 bits per heavy atom. The molecular weight excluding hydrogens is 370 g/mol. The van der Waals surface area contributed by atoms with Crippen molar-refractivity contribution in [1.82, 2.24) is 10.2 Å². The second-order valence-electron chi connectivity index (χ2n) is 6.94. The van der Waals surface area contributed by atoms with Gasteiger partial charge in [-0.1, -0.05) is 0 Å². The molecule has 2 fully saturated rings. The summed E-state index contributed by atoms with van der Waals surface area (Å²) in [6.07, 6.45) is 2.67. The van der Waals surface area contributed by atoms with E-state index in [1.807, 2.05) is 6.07 Å². The minimum atomic E-state index is -0.736. The van der Waals surface area contributed by atoms with Gasteiger partial charge in [0.05, 0.1) is 18.0 Å². The molecule has 2 N–H and O–H groups in total. The standard InChI is InChI=1S/C18H25N3O5S/c1-26-17(24)14-6-7-15(27-14)20-8-10-21(11-9-20)18(25)19-13-4-2-12(3-5-13)16(22)23/h6-7,12-13H,2-5,8-11H2,1H3,(H,19,25)(H,22,23). The first-order valence-corrected chi connectivity index (χ1v) is 10.0. The number of urea groups is 1. The second kappa shape index (κ2) is 8.60. The summed E-state index contributed by atoms with van der Waals surface area (Å²) in [6, 6.07) is 3.66. The van der Waals surface area contributed by atoms with Crippen LogP contribution in [0.1, 0.15) is 35.4 Å². The Bertz CT molecular complexity index is 691. The van der Waals surface area contributed by atoms with Crippen LogP contribution >= 0.6 is 11.3 Å². The summed E-state index contributed by atoms with van der Waals surface area (Å²) in [6.45, 7) is 2.64. The molecule has 148 valence electrons. The highest BCUT2D eigenvalue weighted by atomic mass is 32.1. The molecule has 0 radical (unpaired) electrons. The largest absolute Gasteiger partial charge is 0.481 e. The predicted molar refractivity (Wildman–Crippen MR) is 101 cm³/mol. The van der Waals surface area contributed by atoms with Crippen molar-refractivity contribution in [3.8, 4) is 0 Å². The van der Waals surface area contributed by atoms with Crippen LogP contribution in [-0.2, 0) is 9.53 Å². The van der Waals surface area contributed by atoms with E-state index >= 15 is 0 Å². The molecule has 27 heavy (non-hydrogen) atoms. The van der Waals surface area contributed by atoms with Crippen LogP contribution in [0.3, 0.4) is 0 Å². The van der Waals surface area contributed by atoms with Crippen molar-refractivity contribution in [3.05, 3.63) is 17.0 Å². The lowest BCUT2D eigenvalue weighted by Gasteiger charge is -2.36. The average Bonchev–Trinajstić information content (AvgIpc) is 3.18. The molecule has 9 heteroatoms. The van der Waals surface area contributed by atoms with Gasteiger partial charge in [-0.05, 0) is 37.8 Å². The van der Waals surface area contributed by atoms with Gasteiger partial charge in [-0.2, -0.15) is 0 Å². The molecule has 1 aliphatic carbocycles. The van der Waals surface area contributed by atoms with Crippen LogP contribution in [0.25, 0.3) is 0 Å². The zero-order chi connectivity index (χ0) is 19.4. The summed E-state index contributed by atoms with van der Waals surface area (Å²) in [5, 5.41) is 13.1. The fourth-order valence-electron chi connectivity index (χ4n) is 3.59. The predicted octanol–water partition coefficient (Wildman–Crippen LogP) is 2.01. The molecule has 3 rings (SSSR count). The number of thiophene rings is 1. The number of amides is 2. The first kappa shape index (κ1) is 19.5.